The van der Waals surface area contributed by atoms with Gasteiger partial charge in [0.15, 0.2) is 0 Å². The first-order valence-corrected chi connectivity index (χ1v) is 12.9. The molecular formula is C29H40O5. The maximum absolute atomic E-state index is 11.6. The first kappa shape index (κ1) is 27.4. The molecule has 0 bridgehead atoms. The molecule has 0 aromatic heterocycles. The summed E-state index contributed by atoms with van der Waals surface area (Å²) in [7, 11) is 0. The molecule has 0 heterocycles. The van der Waals surface area contributed by atoms with Crippen LogP contribution in [0.2, 0.25) is 0 Å². The van der Waals surface area contributed by atoms with Gasteiger partial charge in [0.2, 0.25) is 0 Å². The summed E-state index contributed by atoms with van der Waals surface area (Å²) in [5.41, 5.74) is 1.28. The van der Waals surface area contributed by atoms with Crippen molar-refractivity contribution in [2.45, 2.75) is 96.8 Å². The van der Waals surface area contributed by atoms with Crippen LogP contribution in [0.5, 0.6) is 11.5 Å². The topological polar surface area (TPSA) is 83.8 Å². The van der Waals surface area contributed by atoms with E-state index >= 15 is 0 Å². The maximum atomic E-state index is 11.6. The van der Waals surface area contributed by atoms with Crippen LogP contribution in [0.25, 0.3) is 0 Å². The monoisotopic (exact) mass is 468 g/mol. The zero-order valence-electron chi connectivity index (χ0n) is 20.6. The summed E-state index contributed by atoms with van der Waals surface area (Å²) in [6, 6.07) is 11.2. The van der Waals surface area contributed by atoms with E-state index in [1.54, 1.807) is 30.3 Å². The average Bonchev–Trinajstić information content (AvgIpc) is 2.82. The Kier molecular flexibility index (Phi) is 12.8. The normalized spacial score (nSPS) is 10.9. The highest BCUT2D eigenvalue weighted by molar-refractivity contribution is 5.89. The van der Waals surface area contributed by atoms with Crippen LogP contribution in [-0.2, 0) is 6.42 Å². The van der Waals surface area contributed by atoms with Gasteiger partial charge in [0.05, 0.1) is 11.1 Å². The third kappa shape index (κ3) is 10.4. The highest BCUT2D eigenvalue weighted by atomic mass is 16.5. The van der Waals surface area contributed by atoms with Gasteiger partial charge >= 0.3 is 11.9 Å². The first-order chi connectivity index (χ1) is 16.5. The van der Waals surface area contributed by atoms with E-state index in [1.807, 2.05) is 0 Å². The van der Waals surface area contributed by atoms with Crippen LogP contribution >= 0.6 is 0 Å². The second-order valence-electron chi connectivity index (χ2n) is 9.05. The van der Waals surface area contributed by atoms with E-state index in [0.29, 0.717) is 23.5 Å². The van der Waals surface area contributed by atoms with Gasteiger partial charge in [-0.3, -0.25) is 0 Å². The van der Waals surface area contributed by atoms with Crippen LogP contribution in [-0.4, -0.2) is 22.2 Å². The lowest BCUT2D eigenvalue weighted by molar-refractivity contribution is 0.0685. The summed E-state index contributed by atoms with van der Waals surface area (Å²) >= 11 is 0. The summed E-state index contributed by atoms with van der Waals surface area (Å²) < 4.78 is 5.82. The fourth-order valence-electron chi connectivity index (χ4n) is 4.18. The number of hydrogen-bond acceptors (Lipinski definition) is 3. The molecule has 2 aromatic carbocycles. The van der Waals surface area contributed by atoms with Gasteiger partial charge in [-0.15, -0.1) is 0 Å². The Morgan fingerprint density at radius 2 is 1.15 bits per heavy atom. The van der Waals surface area contributed by atoms with Gasteiger partial charge in [0.25, 0.3) is 0 Å². The van der Waals surface area contributed by atoms with Gasteiger partial charge in [-0.2, -0.15) is 0 Å². The van der Waals surface area contributed by atoms with E-state index < -0.39 is 11.9 Å². The van der Waals surface area contributed by atoms with Crippen LogP contribution in [0.3, 0.4) is 0 Å². The smallest absolute Gasteiger partial charge is 0.335 e. The van der Waals surface area contributed by atoms with E-state index in [4.69, 9.17) is 9.84 Å². The number of carboxylic acids is 2. The van der Waals surface area contributed by atoms with Gasteiger partial charge in [-0.05, 0) is 60.9 Å². The molecule has 2 aromatic rings. The Balaban J connectivity index is 1.71. The zero-order chi connectivity index (χ0) is 24.6. The highest BCUT2D eigenvalue weighted by Crippen LogP contribution is 2.26. The third-order valence-electron chi connectivity index (χ3n) is 6.19. The minimum Gasteiger partial charge on any atom is -0.478 e. The molecule has 0 amide bonds. The average molecular weight is 469 g/mol. The molecule has 0 atom stereocenters. The molecule has 0 aliphatic rings. The van der Waals surface area contributed by atoms with Crippen molar-refractivity contribution in [3.05, 3.63) is 59.2 Å². The van der Waals surface area contributed by atoms with E-state index in [9.17, 15) is 14.7 Å². The summed E-state index contributed by atoms with van der Waals surface area (Å²) in [4.78, 5) is 22.6. The molecule has 0 unspecified atom stereocenters. The molecule has 2 N–H and O–H groups in total. The molecule has 0 saturated heterocycles. The Bertz CT molecular complexity index is 873. The van der Waals surface area contributed by atoms with Gasteiger partial charge in [-0.25, -0.2) is 9.59 Å². The number of aromatic carboxylic acids is 2. The van der Waals surface area contributed by atoms with E-state index in [1.165, 1.54) is 82.8 Å². The van der Waals surface area contributed by atoms with Crippen molar-refractivity contribution in [3.63, 3.8) is 0 Å². The first-order valence-electron chi connectivity index (χ1n) is 12.9. The molecule has 0 saturated carbocycles. The number of unbranched alkanes of at least 4 members (excludes halogenated alkanes) is 12. The quantitative estimate of drug-likeness (QED) is 0.214. The number of aryl methyl sites for hydroxylation is 1. The van der Waals surface area contributed by atoms with E-state index in [-0.39, 0.29) is 5.56 Å². The van der Waals surface area contributed by atoms with Crippen LogP contribution in [0.1, 0.15) is 117 Å². The van der Waals surface area contributed by atoms with Crippen molar-refractivity contribution < 1.29 is 24.5 Å². The number of ether oxygens (including phenoxy) is 1. The van der Waals surface area contributed by atoms with Gasteiger partial charge < -0.3 is 14.9 Å². The summed E-state index contributed by atoms with van der Waals surface area (Å²) in [5, 5.41) is 18.5. The van der Waals surface area contributed by atoms with Crippen molar-refractivity contribution in [1.29, 1.82) is 0 Å². The van der Waals surface area contributed by atoms with E-state index in [0.717, 1.165) is 18.4 Å². The van der Waals surface area contributed by atoms with E-state index in [2.05, 4.69) is 6.92 Å². The maximum Gasteiger partial charge on any atom is 0.335 e. The molecule has 186 valence electrons. The van der Waals surface area contributed by atoms with Gasteiger partial charge in [0.1, 0.15) is 11.5 Å². The molecule has 5 heteroatoms. The second-order valence-corrected chi connectivity index (χ2v) is 9.05. The van der Waals surface area contributed by atoms with Gasteiger partial charge in [-0.1, -0.05) is 84.0 Å². The molecule has 0 aliphatic carbocycles. The number of carboxylic acid groups (broad SMARTS) is 2. The molecule has 34 heavy (non-hydrogen) atoms. The number of carbonyl (C=O) groups is 2. The largest absolute Gasteiger partial charge is 0.478 e. The highest BCUT2D eigenvalue weighted by Gasteiger charge is 2.12. The summed E-state index contributed by atoms with van der Waals surface area (Å²) in [6.07, 6.45) is 17.3. The Morgan fingerprint density at radius 3 is 1.65 bits per heavy atom. The molecular weight excluding hydrogens is 428 g/mol. The second kappa shape index (κ2) is 15.9. The zero-order valence-corrected chi connectivity index (χ0v) is 20.6. The Labute approximate surface area is 204 Å². The van der Waals surface area contributed by atoms with Crippen molar-refractivity contribution in [2.75, 3.05) is 0 Å². The predicted molar refractivity (Wildman–Crippen MR) is 136 cm³/mol. The lowest BCUT2D eigenvalue weighted by Gasteiger charge is -2.11. The minimum absolute atomic E-state index is 0.191. The number of benzene rings is 2. The lowest BCUT2D eigenvalue weighted by Crippen LogP contribution is -2.03. The predicted octanol–water partition coefficient (Wildman–Crippen LogP) is 8.51. The number of hydrogen-bond donors (Lipinski definition) is 2. The lowest BCUT2D eigenvalue weighted by atomic mass is 9.99. The molecule has 0 fully saturated rings. The van der Waals surface area contributed by atoms with Crippen molar-refractivity contribution in [1.82, 2.24) is 0 Å². The summed E-state index contributed by atoms with van der Waals surface area (Å²) in [5.74, 6) is -0.850. The van der Waals surface area contributed by atoms with Crippen molar-refractivity contribution in [2.24, 2.45) is 0 Å². The third-order valence-corrected chi connectivity index (χ3v) is 6.19. The molecule has 0 aliphatic heterocycles. The number of rotatable bonds is 18. The fourth-order valence-corrected chi connectivity index (χ4v) is 4.18. The van der Waals surface area contributed by atoms with Crippen LogP contribution in [0, 0.1) is 0 Å². The summed E-state index contributed by atoms with van der Waals surface area (Å²) in [6.45, 7) is 2.25. The SMILES string of the molecule is CCCCCCCCCCCCCCCc1cc(Oc2ccc(C(=O)O)cc2)ccc1C(=O)O. The molecule has 0 radical (unpaired) electrons. The minimum atomic E-state index is -0.988. The molecule has 2 rings (SSSR count). The fraction of sp³-hybridized carbons (Fsp3) is 0.517. The standard InChI is InChI=1S/C29H40O5/c1-2-3-4-5-6-7-8-9-10-11-12-13-14-15-24-22-26(20-21-27(24)29(32)33)34-25-18-16-23(17-19-25)28(30)31/h16-22H,2-15H2,1H3,(H,30,31)(H,32,33). The van der Waals surface area contributed by atoms with Crippen LogP contribution in [0.4, 0.5) is 0 Å². The van der Waals surface area contributed by atoms with Crippen LogP contribution < -0.4 is 4.74 Å². The Hall–Kier alpha value is -2.82. The van der Waals surface area contributed by atoms with Crippen molar-refractivity contribution >= 4 is 11.9 Å². The Morgan fingerprint density at radius 1 is 0.647 bits per heavy atom. The van der Waals surface area contributed by atoms with Crippen LogP contribution in [0.15, 0.2) is 42.5 Å². The van der Waals surface area contributed by atoms with Crippen molar-refractivity contribution in [3.8, 4) is 11.5 Å². The molecule has 5 nitrogen and oxygen atoms in total. The van der Waals surface area contributed by atoms with Gasteiger partial charge in [0, 0.05) is 0 Å². The molecule has 0 spiro atoms.